The van der Waals surface area contributed by atoms with Gasteiger partial charge in [-0.2, -0.15) is 5.10 Å². The SMILES string of the molecule is O=C(CSCC(=O)N1CCOCC1)Nc1ccn[nH]1. The van der Waals surface area contributed by atoms with E-state index < -0.39 is 0 Å². The van der Waals surface area contributed by atoms with Gasteiger partial charge in [-0.25, -0.2) is 0 Å². The van der Waals surface area contributed by atoms with Gasteiger partial charge in [0.1, 0.15) is 5.82 Å². The monoisotopic (exact) mass is 284 g/mol. The van der Waals surface area contributed by atoms with E-state index >= 15 is 0 Å². The second-order valence-electron chi connectivity index (χ2n) is 4.00. The normalized spacial score (nSPS) is 15.3. The molecule has 2 N–H and O–H groups in total. The summed E-state index contributed by atoms with van der Waals surface area (Å²) in [6.07, 6.45) is 1.56. The molecule has 1 aromatic heterocycles. The zero-order valence-electron chi connectivity index (χ0n) is 10.4. The highest BCUT2D eigenvalue weighted by molar-refractivity contribution is 8.00. The Labute approximate surface area is 115 Å². The molecule has 1 aliphatic rings. The Morgan fingerprint density at radius 2 is 2.21 bits per heavy atom. The van der Waals surface area contributed by atoms with Crippen LogP contribution in [0.4, 0.5) is 5.82 Å². The van der Waals surface area contributed by atoms with Crippen LogP contribution in [0.3, 0.4) is 0 Å². The van der Waals surface area contributed by atoms with Crippen LogP contribution >= 0.6 is 11.8 Å². The third kappa shape index (κ3) is 4.56. The third-order valence-corrected chi connectivity index (χ3v) is 3.51. The first kappa shape index (κ1) is 13.9. The van der Waals surface area contributed by atoms with Gasteiger partial charge in [0.2, 0.25) is 11.8 Å². The zero-order valence-corrected chi connectivity index (χ0v) is 11.2. The molecule has 0 unspecified atom stereocenters. The van der Waals surface area contributed by atoms with E-state index in [2.05, 4.69) is 15.5 Å². The fourth-order valence-electron chi connectivity index (χ4n) is 1.65. The van der Waals surface area contributed by atoms with Crippen LogP contribution < -0.4 is 5.32 Å². The minimum Gasteiger partial charge on any atom is -0.378 e. The number of nitrogens with one attached hydrogen (secondary N) is 2. The standard InChI is InChI=1S/C11H16N4O3S/c16-10(13-9-1-2-12-14-9)7-19-8-11(17)15-3-5-18-6-4-15/h1-2H,3-8H2,(H2,12,13,14,16). The molecule has 0 spiro atoms. The van der Waals surface area contributed by atoms with Gasteiger partial charge in [-0.15, -0.1) is 11.8 Å². The summed E-state index contributed by atoms with van der Waals surface area (Å²) in [4.78, 5) is 25.1. The number of carbonyl (C=O) groups is 2. The first-order chi connectivity index (χ1) is 9.25. The average molecular weight is 284 g/mol. The van der Waals surface area contributed by atoms with Crippen LogP contribution in [-0.4, -0.2) is 64.7 Å². The topological polar surface area (TPSA) is 87.3 Å². The predicted molar refractivity (Wildman–Crippen MR) is 71.9 cm³/mol. The number of aromatic nitrogens is 2. The lowest BCUT2D eigenvalue weighted by molar-refractivity contribution is -0.132. The minimum absolute atomic E-state index is 0.0580. The number of carbonyl (C=O) groups excluding carboxylic acids is 2. The second-order valence-corrected chi connectivity index (χ2v) is 4.99. The van der Waals surface area contributed by atoms with E-state index in [1.807, 2.05) is 0 Å². The lowest BCUT2D eigenvalue weighted by Crippen LogP contribution is -2.41. The van der Waals surface area contributed by atoms with Gasteiger partial charge in [0, 0.05) is 19.2 Å². The van der Waals surface area contributed by atoms with Crippen molar-refractivity contribution in [1.82, 2.24) is 15.1 Å². The lowest BCUT2D eigenvalue weighted by Gasteiger charge is -2.26. The molecular weight excluding hydrogens is 268 g/mol. The number of amides is 2. The molecule has 0 atom stereocenters. The Morgan fingerprint density at radius 1 is 1.42 bits per heavy atom. The van der Waals surface area contributed by atoms with Crippen LogP contribution in [-0.2, 0) is 14.3 Å². The fourth-order valence-corrected chi connectivity index (χ4v) is 2.36. The molecule has 2 heterocycles. The maximum atomic E-state index is 11.8. The Morgan fingerprint density at radius 3 is 2.89 bits per heavy atom. The molecule has 0 radical (unpaired) electrons. The second kappa shape index (κ2) is 7.15. The number of aromatic amines is 1. The quantitative estimate of drug-likeness (QED) is 0.791. The predicted octanol–water partition coefficient (Wildman–Crippen LogP) is -0.0598. The van der Waals surface area contributed by atoms with Gasteiger partial charge in [-0.3, -0.25) is 14.7 Å². The highest BCUT2D eigenvalue weighted by Gasteiger charge is 2.16. The Hall–Kier alpha value is -1.54. The lowest BCUT2D eigenvalue weighted by atomic mass is 10.4. The highest BCUT2D eigenvalue weighted by Crippen LogP contribution is 2.06. The van der Waals surface area contributed by atoms with Crippen LogP contribution in [0.25, 0.3) is 0 Å². The summed E-state index contributed by atoms with van der Waals surface area (Å²) < 4.78 is 5.18. The van der Waals surface area contributed by atoms with Gasteiger partial charge in [-0.05, 0) is 0 Å². The molecule has 0 saturated carbocycles. The van der Waals surface area contributed by atoms with E-state index in [1.54, 1.807) is 17.2 Å². The maximum absolute atomic E-state index is 11.8. The van der Waals surface area contributed by atoms with Crippen molar-refractivity contribution in [2.24, 2.45) is 0 Å². The van der Waals surface area contributed by atoms with E-state index in [-0.39, 0.29) is 17.6 Å². The van der Waals surface area contributed by atoms with Gasteiger partial charge >= 0.3 is 0 Å². The summed E-state index contributed by atoms with van der Waals surface area (Å²) in [5.74, 6) is 1.03. The summed E-state index contributed by atoms with van der Waals surface area (Å²) in [7, 11) is 0. The number of anilines is 1. The molecule has 1 fully saturated rings. The first-order valence-corrected chi connectivity index (χ1v) is 7.13. The summed E-state index contributed by atoms with van der Waals surface area (Å²) in [5, 5.41) is 9.02. The largest absolute Gasteiger partial charge is 0.378 e. The number of thioether (sulfide) groups is 1. The summed E-state index contributed by atoms with van der Waals surface area (Å²) in [6.45, 7) is 2.47. The molecule has 1 saturated heterocycles. The Balaban J connectivity index is 1.62. The van der Waals surface area contributed by atoms with Crippen LogP contribution in [0.1, 0.15) is 0 Å². The number of hydrogen-bond acceptors (Lipinski definition) is 5. The molecule has 1 aliphatic heterocycles. The smallest absolute Gasteiger partial charge is 0.235 e. The van der Waals surface area contributed by atoms with Gasteiger partial charge in [0.25, 0.3) is 0 Å². The fraction of sp³-hybridized carbons (Fsp3) is 0.545. The minimum atomic E-state index is -0.149. The molecule has 2 rings (SSSR count). The van der Waals surface area contributed by atoms with Crippen molar-refractivity contribution in [3.63, 3.8) is 0 Å². The maximum Gasteiger partial charge on any atom is 0.235 e. The molecule has 0 bridgehead atoms. The molecule has 8 heteroatoms. The van der Waals surface area contributed by atoms with Crippen LogP contribution in [0.5, 0.6) is 0 Å². The molecule has 2 amide bonds. The summed E-state index contributed by atoms with van der Waals surface area (Å²) in [5.41, 5.74) is 0. The molecule has 19 heavy (non-hydrogen) atoms. The van der Waals surface area contributed by atoms with E-state index in [0.717, 1.165) is 0 Å². The van der Waals surface area contributed by atoms with Crippen LogP contribution in [0, 0.1) is 0 Å². The number of hydrogen-bond donors (Lipinski definition) is 2. The van der Waals surface area contributed by atoms with E-state index in [4.69, 9.17) is 4.74 Å². The molecule has 7 nitrogen and oxygen atoms in total. The van der Waals surface area contributed by atoms with Crippen LogP contribution in [0.15, 0.2) is 12.3 Å². The van der Waals surface area contributed by atoms with Gasteiger partial charge in [-0.1, -0.05) is 0 Å². The molecular formula is C11H16N4O3S. The van der Waals surface area contributed by atoms with Gasteiger partial charge in [0.05, 0.1) is 30.9 Å². The zero-order chi connectivity index (χ0) is 13.5. The number of rotatable bonds is 5. The van der Waals surface area contributed by atoms with Crippen molar-refractivity contribution in [2.75, 3.05) is 43.1 Å². The molecule has 0 aliphatic carbocycles. The third-order valence-electron chi connectivity index (χ3n) is 2.60. The first-order valence-electron chi connectivity index (χ1n) is 5.98. The molecule has 104 valence electrons. The van der Waals surface area contributed by atoms with E-state index in [9.17, 15) is 9.59 Å². The van der Waals surface area contributed by atoms with Crippen molar-refractivity contribution in [3.05, 3.63) is 12.3 Å². The van der Waals surface area contributed by atoms with Crippen molar-refractivity contribution < 1.29 is 14.3 Å². The highest BCUT2D eigenvalue weighted by atomic mass is 32.2. The number of nitrogens with zero attached hydrogens (tertiary/aromatic N) is 2. The average Bonchev–Trinajstić information content (AvgIpc) is 2.92. The van der Waals surface area contributed by atoms with Gasteiger partial charge < -0.3 is 15.0 Å². The Kier molecular flexibility index (Phi) is 5.22. The summed E-state index contributed by atoms with van der Waals surface area (Å²) in [6, 6.07) is 1.67. The number of morpholine rings is 1. The van der Waals surface area contributed by atoms with Crippen molar-refractivity contribution >= 4 is 29.4 Å². The summed E-state index contributed by atoms with van der Waals surface area (Å²) >= 11 is 1.31. The molecule has 0 aromatic carbocycles. The van der Waals surface area contributed by atoms with Crippen molar-refractivity contribution in [3.8, 4) is 0 Å². The Bertz CT molecular complexity index is 418. The van der Waals surface area contributed by atoms with E-state index in [0.29, 0.717) is 37.9 Å². The van der Waals surface area contributed by atoms with Crippen molar-refractivity contribution in [2.45, 2.75) is 0 Å². The number of ether oxygens (including phenoxy) is 1. The molecule has 1 aromatic rings. The van der Waals surface area contributed by atoms with E-state index in [1.165, 1.54) is 11.8 Å². The number of H-pyrrole nitrogens is 1. The van der Waals surface area contributed by atoms with Crippen LogP contribution in [0.2, 0.25) is 0 Å². The van der Waals surface area contributed by atoms with Crippen molar-refractivity contribution in [1.29, 1.82) is 0 Å². The van der Waals surface area contributed by atoms with Gasteiger partial charge in [0.15, 0.2) is 0 Å².